The highest BCUT2D eigenvalue weighted by Crippen LogP contribution is 2.26. The number of nitrogens with one attached hydrogen (secondary N) is 1. The summed E-state index contributed by atoms with van der Waals surface area (Å²) in [5.41, 5.74) is 1.12. The maximum absolute atomic E-state index is 12.0. The predicted octanol–water partition coefficient (Wildman–Crippen LogP) is 4.45. The molecule has 0 atom stereocenters. The topological polar surface area (TPSA) is 38.3 Å². The molecule has 0 spiro atoms. The maximum Gasteiger partial charge on any atom is 0.220 e. The molecule has 1 aromatic rings. The van der Waals surface area contributed by atoms with E-state index < -0.39 is 0 Å². The molecule has 22 heavy (non-hydrogen) atoms. The van der Waals surface area contributed by atoms with E-state index in [1.165, 1.54) is 32.1 Å². The molecule has 0 aromatic heterocycles. The van der Waals surface area contributed by atoms with Crippen LogP contribution in [0.4, 0.5) is 0 Å². The van der Waals surface area contributed by atoms with E-state index in [2.05, 4.69) is 12.2 Å². The number of hydrogen-bond acceptors (Lipinski definition) is 2. The van der Waals surface area contributed by atoms with Crippen molar-refractivity contribution in [1.82, 2.24) is 5.32 Å². The lowest BCUT2D eigenvalue weighted by atomic mass is 9.87. The van der Waals surface area contributed by atoms with E-state index in [-0.39, 0.29) is 5.91 Å². The van der Waals surface area contributed by atoms with Gasteiger partial charge in [0.2, 0.25) is 5.91 Å². The second kappa shape index (κ2) is 9.50. The van der Waals surface area contributed by atoms with Crippen molar-refractivity contribution in [3.63, 3.8) is 0 Å². The third-order valence-corrected chi connectivity index (χ3v) is 4.38. The molecule has 1 aliphatic carbocycles. The van der Waals surface area contributed by atoms with Crippen LogP contribution in [0.15, 0.2) is 24.3 Å². The minimum Gasteiger partial charge on any atom is -0.494 e. The molecule has 1 N–H and O–H groups in total. The Morgan fingerprint density at radius 3 is 2.59 bits per heavy atom. The van der Waals surface area contributed by atoms with Crippen LogP contribution < -0.4 is 10.1 Å². The maximum atomic E-state index is 12.0. The van der Waals surface area contributed by atoms with Crippen molar-refractivity contribution in [2.24, 2.45) is 5.92 Å². The zero-order valence-electron chi connectivity index (χ0n) is 13.8. The Morgan fingerprint density at radius 2 is 1.91 bits per heavy atom. The molecule has 1 saturated carbocycles. The molecule has 3 heteroatoms. The summed E-state index contributed by atoms with van der Waals surface area (Å²) in [4.78, 5) is 12.0. The van der Waals surface area contributed by atoms with Crippen molar-refractivity contribution in [1.29, 1.82) is 0 Å². The summed E-state index contributed by atoms with van der Waals surface area (Å²) in [5, 5.41) is 3.04. The van der Waals surface area contributed by atoms with E-state index in [1.54, 1.807) is 0 Å². The summed E-state index contributed by atoms with van der Waals surface area (Å²) in [6, 6.07) is 8.03. The first kappa shape index (κ1) is 16.9. The molecular formula is C19H29NO2. The van der Waals surface area contributed by atoms with Crippen LogP contribution in [0.1, 0.15) is 63.9 Å². The third-order valence-electron chi connectivity index (χ3n) is 4.38. The summed E-state index contributed by atoms with van der Waals surface area (Å²) < 4.78 is 5.64. The van der Waals surface area contributed by atoms with E-state index >= 15 is 0 Å². The smallest absolute Gasteiger partial charge is 0.220 e. The Morgan fingerprint density at radius 1 is 1.18 bits per heavy atom. The summed E-state index contributed by atoms with van der Waals surface area (Å²) in [5.74, 6) is 1.70. The SMILES string of the molecule is CCCCOc1ccc(CNC(=O)CC2CCCCC2)cc1. The van der Waals surface area contributed by atoms with Crippen molar-refractivity contribution < 1.29 is 9.53 Å². The number of amides is 1. The van der Waals surface area contributed by atoms with Crippen molar-refractivity contribution in [3.05, 3.63) is 29.8 Å². The van der Waals surface area contributed by atoms with Gasteiger partial charge >= 0.3 is 0 Å². The lowest BCUT2D eigenvalue weighted by Gasteiger charge is -2.20. The average Bonchev–Trinajstić information content (AvgIpc) is 2.55. The summed E-state index contributed by atoms with van der Waals surface area (Å²) >= 11 is 0. The molecule has 1 aliphatic rings. The molecule has 1 aromatic carbocycles. The molecule has 1 amide bonds. The first-order chi connectivity index (χ1) is 10.8. The van der Waals surface area contributed by atoms with Gasteiger partial charge in [-0.2, -0.15) is 0 Å². The van der Waals surface area contributed by atoms with Gasteiger partial charge in [0.15, 0.2) is 0 Å². The van der Waals surface area contributed by atoms with Crippen LogP contribution in [0.2, 0.25) is 0 Å². The number of unbranched alkanes of at least 4 members (excludes halogenated alkanes) is 1. The van der Waals surface area contributed by atoms with Gasteiger partial charge in [0.1, 0.15) is 5.75 Å². The zero-order chi connectivity index (χ0) is 15.6. The number of ether oxygens (including phenoxy) is 1. The van der Waals surface area contributed by atoms with Gasteiger partial charge < -0.3 is 10.1 Å². The summed E-state index contributed by atoms with van der Waals surface area (Å²) in [6.45, 7) is 3.54. The Bertz CT molecular complexity index is 435. The molecule has 0 bridgehead atoms. The van der Waals surface area contributed by atoms with Gasteiger partial charge in [-0.05, 0) is 42.9 Å². The molecule has 0 unspecified atom stereocenters. The monoisotopic (exact) mass is 303 g/mol. The fourth-order valence-electron chi connectivity index (χ4n) is 2.96. The number of benzene rings is 1. The van der Waals surface area contributed by atoms with Crippen LogP contribution in [0.5, 0.6) is 5.75 Å². The van der Waals surface area contributed by atoms with Crippen molar-refractivity contribution in [2.45, 2.75) is 64.8 Å². The third kappa shape index (κ3) is 6.08. The molecule has 0 radical (unpaired) electrons. The van der Waals surface area contributed by atoms with Crippen LogP contribution in [0.25, 0.3) is 0 Å². The first-order valence-electron chi connectivity index (χ1n) is 8.76. The normalized spacial score (nSPS) is 15.5. The molecule has 0 aliphatic heterocycles. The number of carbonyl (C=O) groups is 1. The molecule has 0 saturated heterocycles. The van der Waals surface area contributed by atoms with Gasteiger partial charge in [0.05, 0.1) is 6.61 Å². The van der Waals surface area contributed by atoms with E-state index in [0.29, 0.717) is 18.9 Å². The molecular weight excluding hydrogens is 274 g/mol. The van der Waals surface area contributed by atoms with Gasteiger partial charge in [-0.25, -0.2) is 0 Å². The van der Waals surface area contributed by atoms with Gasteiger partial charge in [-0.15, -0.1) is 0 Å². The highest BCUT2D eigenvalue weighted by molar-refractivity contribution is 5.76. The van der Waals surface area contributed by atoms with Crippen molar-refractivity contribution in [3.8, 4) is 5.75 Å². The van der Waals surface area contributed by atoms with E-state index in [4.69, 9.17) is 4.74 Å². The fourth-order valence-corrected chi connectivity index (χ4v) is 2.96. The van der Waals surface area contributed by atoms with Gasteiger partial charge in [-0.3, -0.25) is 4.79 Å². The quantitative estimate of drug-likeness (QED) is 0.720. The molecule has 2 rings (SSSR count). The molecule has 3 nitrogen and oxygen atoms in total. The Labute approximate surface area is 134 Å². The Balaban J connectivity index is 1.68. The highest BCUT2D eigenvalue weighted by Gasteiger charge is 2.16. The van der Waals surface area contributed by atoms with Crippen LogP contribution in [-0.4, -0.2) is 12.5 Å². The largest absolute Gasteiger partial charge is 0.494 e. The van der Waals surface area contributed by atoms with Crippen LogP contribution in [-0.2, 0) is 11.3 Å². The predicted molar refractivity (Wildman–Crippen MR) is 89.9 cm³/mol. The van der Waals surface area contributed by atoms with Crippen LogP contribution >= 0.6 is 0 Å². The van der Waals surface area contributed by atoms with Crippen LogP contribution in [0, 0.1) is 5.92 Å². The molecule has 0 heterocycles. The number of hydrogen-bond donors (Lipinski definition) is 1. The first-order valence-corrected chi connectivity index (χ1v) is 8.76. The van der Waals surface area contributed by atoms with E-state index in [1.807, 2.05) is 24.3 Å². The summed E-state index contributed by atoms with van der Waals surface area (Å²) in [6.07, 6.45) is 9.27. The minimum absolute atomic E-state index is 0.190. The van der Waals surface area contributed by atoms with Gasteiger partial charge in [0, 0.05) is 13.0 Å². The number of rotatable bonds is 8. The lowest BCUT2D eigenvalue weighted by Crippen LogP contribution is -2.25. The minimum atomic E-state index is 0.190. The zero-order valence-corrected chi connectivity index (χ0v) is 13.8. The van der Waals surface area contributed by atoms with E-state index in [9.17, 15) is 4.79 Å². The number of carbonyl (C=O) groups excluding carboxylic acids is 1. The second-order valence-electron chi connectivity index (χ2n) is 6.33. The van der Waals surface area contributed by atoms with Crippen molar-refractivity contribution in [2.75, 3.05) is 6.61 Å². The van der Waals surface area contributed by atoms with Gasteiger partial charge in [-0.1, -0.05) is 44.7 Å². The highest BCUT2D eigenvalue weighted by atomic mass is 16.5. The fraction of sp³-hybridized carbons (Fsp3) is 0.632. The van der Waals surface area contributed by atoms with Crippen LogP contribution in [0.3, 0.4) is 0 Å². The molecule has 122 valence electrons. The average molecular weight is 303 g/mol. The standard InChI is InChI=1S/C19H29NO2/c1-2-3-13-22-18-11-9-17(10-12-18)15-20-19(21)14-16-7-5-4-6-8-16/h9-12,16H,2-8,13-15H2,1H3,(H,20,21). The molecule has 1 fully saturated rings. The van der Waals surface area contributed by atoms with Crippen molar-refractivity contribution >= 4 is 5.91 Å². The Kier molecular flexibility index (Phi) is 7.27. The van der Waals surface area contributed by atoms with E-state index in [0.717, 1.165) is 30.8 Å². The summed E-state index contributed by atoms with van der Waals surface area (Å²) in [7, 11) is 0. The second-order valence-corrected chi connectivity index (χ2v) is 6.33. The van der Waals surface area contributed by atoms with Gasteiger partial charge in [0.25, 0.3) is 0 Å². The lowest BCUT2D eigenvalue weighted by molar-refractivity contribution is -0.122. The Hall–Kier alpha value is -1.51.